The summed E-state index contributed by atoms with van der Waals surface area (Å²) in [6.07, 6.45) is 0.573. The monoisotopic (exact) mass is 401 g/mol. The fourth-order valence-electron chi connectivity index (χ4n) is 3.75. The molecule has 0 saturated carbocycles. The Bertz CT molecular complexity index is 1040. The van der Waals surface area contributed by atoms with Crippen molar-refractivity contribution in [2.75, 3.05) is 20.8 Å². The van der Waals surface area contributed by atoms with Gasteiger partial charge in [0.1, 0.15) is 5.69 Å². The number of carbonyl (C=O) groups excluding carboxylic acids is 1. The number of nitrogens with zero attached hydrogens (tertiary/aromatic N) is 1. The maximum absolute atomic E-state index is 15.5. The molecule has 0 saturated heterocycles. The number of esters is 1. The molecular weight excluding hydrogens is 381 g/mol. The van der Waals surface area contributed by atoms with E-state index in [1.807, 2.05) is 27.5 Å². The SMILES string of the molecule is CCOC(=O)c1cc(-c2ccsc2)c2n1CCc1cc(OC)c(OC)c(F)c1-2. The number of aryl methyl sites for hydroxylation is 1. The lowest BCUT2D eigenvalue weighted by atomic mass is 9.93. The van der Waals surface area contributed by atoms with Gasteiger partial charge in [-0.1, -0.05) is 0 Å². The van der Waals surface area contributed by atoms with Crippen LogP contribution in [-0.4, -0.2) is 31.4 Å². The van der Waals surface area contributed by atoms with Gasteiger partial charge < -0.3 is 18.8 Å². The smallest absolute Gasteiger partial charge is 0.354 e. The van der Waals surface area contributed by atoms with Crippen LogP contribution in [-0.2, 0) is 17.7 Å². The first-order valence-corrected chi connectivity index (χ1v) is 9.91. The lowest BCUT2D eigenvalue weighted by molar-refractivity contribution is 0.0514. The fraction of sp³-hybridized carbons (Fsp3) is 0.286. The van der Waals surface area contributed by atoms with Gasteiger partial charge in [0.2, 0.25) is 0 Å². The third-order valence-corrected chi connectivity index (χ3v) is 5.63. The molecule has 1 aliphatic rings. The Morgan fingerprint density at radius 3 is 2.75 bits per heavy atom. The first kappa shape index (κ1) is 18.6. The van der Waals surface area contributed by atoms with Crippen LogP contribution >= 0.6 is 11.3 Å². The number of halogens is 1. The zero-order chi connectivity index (χ0) is 19.8. The largest absolute Gasteiger partial charge is 0.493 e. The highest BCUT2D eigenvalue weighted by atomic mass is 32.1. The van der Waals surface area contributed by atoms with Gasteiger partial charge in [-0.3, -0.25) is 0 Å². The molecule has 0 amide bonds. The number of ether oxygens (including phenoxy) is 3. The number of thiophene rings is 1. The minimum atomic E-state index is -0.484. The van der Waals surface area contributed by atoms with E-state index in [4.69, 9.17) is 14.2 Å². The number of benzene rings is 1. The summed E-state index contributed by atoms with van der Waals surface area (Å²) < 4.78 is 33.2. The Balaban J connectivity index is 2.02. The van der Waals surface area contributed by atoms with Gasteiger partial charge in [0.15, 0.2) is 17.3 Å². The van der Waals surface area contributed by atoms with Gasteiger partial charge in [0.05, 0.1) is 26.5 Å². The van der Waals surface area contributed by atoms with Crippen molar-refractivity contribution < 1.29 is 23.4 Å². The summed E-state index contributed by atoms with van der Waals surface area (Å²) >= 11 is 1.55. The third kappa shape index (κ3) is 2.77. The van der Waals surface area contributed by atoms with Crippen molar-refractivity contribution in [3.8, 4) is 33.9 Å². The molecule has 0 radical (unpaired) electrons. The molecule has 4 rings (SSSR count). The van der Waals surface area contributed by atoms with Crippen molar-refractivity contribution in [2.45, 2.75) is 19.9 Å². The molecule has 0 fully saturated rings. The molecule has 0 atom stereocenters. The standard InChI is InChI=1S/C21H20FNO4S/c1-4-27-21(24)15-10-14(13-6-8-28-11-13)19-17-12(5-7-23(15)19)9-16(25-2)20(26-3)18(17)22/h6,8-11H,4-5,7H2,1-3H3. The lowest BCUT2D eigenvalue weighted by Gasteiger charge is -2.24. The number of fused-ring (bicyclic) bond motifs is 3. The Labute approximate surface area is 166 Å². The molecule has 3 heterocycles. The molecule has 7 heteroatoms. The quantitative estimate of drug-likeness (QED) is 0.578. The number of rotatable bonds is 5. The molecule has 1 aliphatic heterocycles. The molecule has 146 valence electrons. The normalized spacial score (nSPS) is 12.3. The summed E-state index contributed by atoms with van der Waals surface area (Å²) in [5, 5.41) is 3.94. The molecule has 2 aromatic heterocycles. The van der Waals surface area contributed by atoms with Gasteiger partial charge in [-0.15, -0.1) is 0 Å². The van der Waals surface area contributed by atoms with Gasteiger partial charge in [0.25, 0.3) is 0 Å². The zero-order valence-electron chi connectivity index (χ0n) is 15.9. The van der Waals surface area contributed by atoms with Crippen LogP contribution in [0.2, 0.25) is 0 Å². The molecule has 0 bridgehead atoms. The highest BCUT2D eigenvalue weighted by Gasteiger charge is 2.32. The molecule has 0 spiro atoms. The first-order chi connectivity index (χ1) is 13.6. The van der Waals surface area contributed by atoms with Crippen molar-refractivity contribution in [2.24, 2.45) is 0 Å². The Kier molecular flexibility index (Phi) is 4.85. The number of hydrogen-bond donors (Lipinski definition) is 0. The van der Waals surface area contributed by atoms with E-state index in [0.29, 0.717) is 35.7 Å². The lowest BCUT2D eigenvalue weighted by Crippen LogP contribution is -2.18. The Morgan fingerprint density at radius 1 is 1.29 bits per heavy atom. The summed E-state index contributed by atoms with van der Waals surface area (Å²) in [6.45, 7) is 2.60. The topological polar surface area (TPSA) is 49.7 Å². The van der Waals surface area contributed by atoms with Gasteiger partial charge in [0, 0.05) is 17.7 Å². The fourth-order valence-corrected chi connectivity index (χ4v) is 4.40. The van der Waals surface area contributed by atoms with Crippen molar-refractivity contribution in [3.05, 3.63) is 46.0 Å². The molecule has 0 unspecified atom stereocenters. The molecule has 3 aromatic rings. The second kappa shape index (κ2) is 7.31. The third-order valence-electron chi connectivity index (χ3n) is 4.95. The summed E-state index contributed by atoms with van der Waals surface area (Å²) in [7, 11) is 2.91. The van der Waals surface area contributed by atoms with Crippen molar-refractivity contribution >= 4 is 17.3 Å². The average Bonchev–Trinajstić information content (AvgIpc) is 3.35. The van der Waals surface area contributed by atoms with E-state index in [1.165, 1.54) is 14.2 Å². The van der Waals surface area contributed by atoms with Crippen LogP contribution in [0.4, 0.5) is 4.39 Å². The van der Waals surface area contributed by atoms with Crippen LogP contribution in [0.5, 0.6) is 11.5 Å². The maximum Gasteiger partial charge on any atom is 0.354 e. The Morgan fingerprint density at radius 2 is 2.11 bits per heavy atom. The van der Waals surface area contributed by atoms with Gasteiger partial charge >= 0.3 is 5.97 Å². The van der Waals surface area contributed by atoms with Crippen LogP contribution in [0.15, 0.2) is 29.0 Å². The highest BCUT2D eigenvalue weighted by molar-refractivity contribution is 7.08. The molecule has 5 nitrogen and oxygen atoms in total. The second-order valence-corrected chi connectivity index (χ2v) is 7.17. The average molecular weight is 401 g/mol. The molecule has 1 aromatic carbocycles. The van der Waals surface area contributed by atoms with Gasteiger partial charge in [-0.25, -0.2) is 9.18 Å². The van der Waals surface area contributed by atoms with Crippen molar-refractivity contribution in [1.29, 1.82) is 0 Å². The van der Waals surface area contributed by atoms with E-state index in [-0.39, 0.29) is 12.4 Å². The minimum absolute atomic E-state index is 0.0600. The van der Waals surface area contributed by atoms with Crippen LogP contribution in [0.3, 0.4) is 0 Å². The second-order valence-electron chi connectivity index (χ2n) is 6.39. The van der Waals surface area contributed by atoms with Crippen LogP contribution in [0.1, 0.15) is 23.0 Å². The molecule has 0 aliphatic carbocycles. The van der Waals surface area contributed by atoms with E-state index in [1.54, 1.807) is 24.3 Å². The molecular formula is C21H20FNO4S. The molecule has 28 heavy (non-hydrogen) atoms. The zero-order valence-corrected chi connectivity index (χ0v) is 16.7. The van der Waals surface area contributed by atoms with Crippen LogP contribution < -0.4 is 9.47 Å². The maximum atomic E-state index is 15.5. The first-order valence-electron chi connectivity index (χ1n) is 8.97. The van der Waals surface area contributed by atoms with Crippen molar-refractivity contribution in [1.82, 2.24) is 4.57 Å². The van der Waals surface area contributed by atoms with Crippen LogP contribution in [0, 0.1) is 5.82 Å². The predicted octanol–water partition coefficient (Wildman–Crippen LogP) is 4.77. The van der Waals surface area contributed by atoms with Gasteiger partial charge in [-0.05, 0) is 53.4 Å². The van der Waals surface area contributed by atoms with E-state index in [0.717, 1.165) is 16.7 Å². The highest BCUT2D eigenvalue weighted by Crippen LogP contribution is 2.46. The van der Waals surface area contributed by atoms with E-state index in [2.05, 4.69) is 0 Å². The summed E-state index contributed by atoms with van der Waals surface area (Å²) in [4.78, 5) is 12.5. The minimum Gasteiger partial charge on any atom is -0.493 e. The van der Waals surface area contributed by atoms with Crippen LogP contribution in [0.25, 0.3) is 22.4 Å². The van der Waals surface area contributed by atoms with E-state index >= 15 is 4.39 Å². The predicted molar refractivity (Wildman–Crippen MR) is 106 cm³/mol. The van der Waals surface area contributed by atoms with Crippen molar-refractivity contribution in [3.63, 3.8) is 0 Å². The Hall–Kier alpha value is -2.80. The summed E-state index contributed by atoms with van der Waals surface area (Å²) in [5.41, 5.74) is 4.11. The summed E-state index contributed by atoms with van der Waals surface area (Å²) in [5.74, 6) is -0.469. The van der Waals surface area contributed by atoms with Gasteiger partial charge in [-0.2, -0.15) is 11.3 Å². The molecule has 0 N–H and O–H groups in total. The van der Waals surface area contributed by atoms with E-state index < -0.39 is 11.8 Å². The number of carbonyl (C=O) groups is 1. The summed E-state index contributed by atoms with van der Waals surface area (Å²) in [6, 6.07) is 5.57. The number of hydrogen-bond acceptors (Lipinski definition) is 5. The number of aromatic nitrogens is 1. The van der Waals surface area contributed by atoms with E-state index in [9.17, 15) is 4.79 Å². The number of methoxy groups -OCH3 is 2.